The van der Waals surface area contributed by atoms with Crippen LogP contribution < -0.4 is 5.32 Å². The first-order chi connectivity index (χ1) is 8.29. The molecule has 1 nitrogen and oxygen atoms in total. The summed E-state index contributed by atoms with van der Waals surface area (Å²) < 4.78 is 0. The molecule has 0 heterocycles. The van der Waals surface area contributed by atoms with E-state index in [1.165, 1.54) is 16.8 Å². The molecular weight excluding hydrogens is 206 g/mol. The fraction of sp³-hybridized carbons (Fsp3) is 0.250. The maximum Gasteiger partial charge on any atom is 0.0511 e. The van der Waals surface area contributed by atoms with Gasteiger partial charge in [-0.15, -0.1) is 0 Å². The minimum Gasteiger partial charge on any atom is -0.378 e. The number of nitrogens with one attached hydrogen (secondary N) is 1. The fourth-order valence-electron chi connectivity index (χ4n) is 2.04. The number of hydrogen-bond donors (Lipinski definition) is 1. The smallest absolute Gasteiger partial charge is 0.0511 e. The lowest BCUT2D eigenvalue weighted by Crippen LogP contribution is -2.09. The van der Waals surface area contributed by atoms with Crippen molar-refractivity contribution in [1.82, 2.24) is 0 Å². The maximum absolute atomic E-state index is 3.59. The van der Waals surface area contributed by atoms with Crippen LogP contribution in [0.2, 0.25) is 0 Å². The number of anilines is 1. The van der Waals surface area contributed by atoms with Crippen LogP contribution in [0.4, 0.5) is 5.69 Å². The first-order valence-corrected chi connectivity index (χ1v) is 6.17. The van der Waals surface area contributed by atoms with Gasteiger partial charge in [0.15, 0.2) is 0 Å². The van der Waals surface area contributed by atoms with Gasteiger partial charge in [-0.3, -0.25) is 0 Å². The Morgan fingerprint density at radius 2 is 1.76 bits per heavy atom. The second kappa shape index (κ2) is 5.53. The Morgan fingerprint density at radius 1 is 1.00 bits per heavy atom. The number of aryl methyl sites for hydroxylation is 1. The molecule has 2 aromatic carbocycles. The Balaban J connectivity index is 2.16. The molecule has 17 heavy (non-hydrogen) atoms. The van der Waals surface area contributed by atoms with Gasteiger partial charge in [0.1, 0.15) is 0 Å². The first-order valence-electron chi connectivity index (χ1n) is 6.17. The van der Waals surface area contributed by atoms with Crippen LogP contribution in [0.1, 0.15) is 30.5 Å². The Morgan fingerprint density at radius 3 is 2.41 bits per heavy atom. The summed E-state index contributed by atoms with van der Waals surface area (Å²) in [6.07, 6.45) is 1.08. The van der Waals surface area contributed by atoms with Crippen LogP contribution in [-0.4, -0.2) is 0 Å². The van der Waals surface area contributed by atoms with E-state index in [1.807, 2.05) is 0 Å². The van der Waals surface area contributed by atoms with Crippen LogP contribution in [0.5, 0.6) is 0 Å². The van der Waals surface area contributed by atoms with Crippen molar-refractivity contribution in [2.45, 2.75) is 26.3 Å². The summed E-state index contributed by atoms with van der Waals surface area (Å²) in [4.78, 5) is 0. The predicted molar refractivity (Wildman–Crippen MR) is 74.3 cm³/mol. The molecule has 1 unspecified atom stereocenters. The molecule has 0 amide bonds. The summed E-state index contributed by atoms with van der Waals surface area (Å²) in [6.45, 7) is 4.33. The molecule has 0 fully saturated rings. The third-order valence-corrected chi connectivity index (χ3v) is 2.97. The molecule has 0 spiro atoms. The minimum absolute atomic E-state index is 0.387. The van der Waals surface area contributed by atoms with Crippen LogP contribution in [0.25, 0.3) is 0 Å². The van der Waals surface area contributed by atoms with E-state index in [9.17, 15) is 0 Å². The van der Waals surface area contributed by atoms with Crippen molar-refractivity contribution in [2.75, 3.05) is 5.32 Å². The lowest BCUT2D eigenvalue weighted by atomic mass is 10.0. The van der Waals surface area contributed by atoms with E-state index in [0.717, 1.165) is 6.42 Å². The lowest BCUT2D eigenvalue weighted by molar-refractivity contribution is 0.749. The highest BCUT2D eigenvalue weighted by atomic mass is 14.9. The normalized spacial score (nSPS) is 12.1. The van der Waals surface area contributed by atoms with E-state index in [2.05, 4.69) is 73.8 Å². The minimum atomic E-state index is 0.387. The zero-order chi connectivity index (χ0) is 12.1. The molecule has 0 saturated carbocycles. The van der Waals surface area contributed by atoms with Gasteiger partial charge < -0.3 is 5.32 Å². The van der Waals surface area contributed by atoms with Gasteiger partial charge in [0.25, 0.3) is 0 Å². The summed E-state index contributed by atoms with van der Waals surface area (Å²) in [5.41, 5.74) is 3.83. The van der Waals surface area contributed by atoms with Crippen molar-refractivity contribution < 1.29 is 0 Å². The molecule has 2 rings (SSSR count). The molecule has 88 valence electrons. The zero-order valence-electron chi connectivity index (χ0n) is 10.5. The molecule has 0 radical (unpaired) electrons. The molecule has 0 saturated heterocycles. The van der Waals surface area contributed by atoms with Crippen LogP contribution in [0.3, 0.4) is 0 Å². The molecule has 0 aliphatic rings. The Bertz CT molecular complexity index is 462. The average Bonchev–Trinajstić information content (AvgIpc) is 2.37. The predicted octanol–water partition coefficient (Wildman–Crippen LogP) is 4.56. The number of hydrogen-bond acceptors (Lipinski definition) is 1. The molecule has 0 aliphatic carbocycles. The van der Waals surface area contributed by atoms with Crippen molar-refractivity contribution >= 4 is 5.69 Å². The molecular formula is C16H19N. The summed E-state index contributed by atoms with van der Waals surface area (Å²) in [5.74, 6) is 0. The van der Waals surface area contributed by atoms with Gasteiger partial charge in [-0.05, 0) is 36.6 Å². The monoisotopic (exact) mass is 225 g/mol. The van der Waals surface area contributed by atoms with Gasteiger partial charge in [-0.1, -0.05) is 49.4 Å². The molecule has 0 bridgehead atoms. The molecule has 1 N–H and O–H groups in total. The third-order valence-electron chi connectivity index (χ3n) is 2.97. The zero-order valence-corrected chi connectivity index (χ0v) is 10.5. The first kappa shape index (κ1) is 11.7. The molecule has 1 heteroatoms. The van der Waals surface area contributed by atoms with Gasteiger partial charge in [-0.25, -0.2) is 0 Å². The van der Waals surface area contributed by atoms with Gasteiger partial charge >= 0.3 is 0 Å². The Labute approximate surface area is 103 Å². The standard InChI is InChI=1S/C16H19N/c1-3-16(14-9-5-4-6-10-14)17-15-11-7-8-13(2)12-15/h4-12,16-17H,3H2,1-2H3. The summed E-state index contributed by atoms with van der Waals surface area (Å²) >= 11 is 0. The van der Waals surface area contributed by atoms with Crippen molar-refractivity contribution in [2.24, 2.45) is 0 Å². The van der Waals surface area contributed by atoms with Gasteiger partial charge in [0.2, 0.25) is 0 Å². The average molecular weight is 225 g/mol. The van der Waals surface area contributed by atoms with E-state index in [0.29, 0.717) is 6.04 Å². The molecule has 2 aromatic rings. The Hall–Kier alpha value is -1.76. The van der Waals surface area contributed by atoms with Crippen LogP contribution >= 0.6 is 0 Å². The topological polar surface area (TPSA) is 12.0 Å². The maximum atomic E-state index is 3.59. The van der Waals surface area contributed by atoms with Crippen molar-refractivity contribution in [3.63, 3.8) is 0 Å². The highest BCUT2D eigenvalue weighted by Gasteiger charge is 2.07. The number of rotatable bonds is 4. The molecule has 0 aromatic heterocycles. The molecule has 0 aliphatic heterocycles. The van der Waals surface area contributed by atoms with E-state index in [-0.39, 0.29) is 0 Å². The lowest BCUT2D eigenvalue weighted by Gasteiger charge is -2.19. The molecule has 1 atom stereocenters. The summed E-state index contributed by atoms with van der Waals surface area (Å²) in [6, 6.07) is 19.5. The fourth-order valence-corrected chi connectivity index (χ4v) is 2.04. The number of benzene rings is 2. The van der Waals surface area contributed by atoms with E-state index in [4.69, 9.17) is 0 Å². The summed E-state index contributed by atoms with van der Waals surface area (Å²) in [5, 5.41) is 3.59. The Kier molecular flexibility index (Phi) is 3.81. The van der Waals surface area contributed by atoms with Crippen molar-refractivity contribution in [3.05, 3.63) is 65.7 Å². The van der Waals surface area contributed by atoms with Crippen molar-refractivity contribution in [1.29, 1.82) is 0 Å². The second-order valence-corrected chi connectivity index (χ2v) is 4.39. The third kappa shape index (κ3) is 3.10. The van der Waals surface area contributed by atoms with E-state index >= 15 is 0 Å². The van der Waals surface area contributed by atoms with Crippen LogP contribution in [0.15, 0.2) is 54.6 Å². The van der Waals surface area contributed by atoms with Gasteiger partial charge in [0.05, 0.1) is 6.04 Å². The second-order valence-electron chi connectivity index (χ2n) is 4.39. The quantitative estimate of drug-likeness (QED) is 0.804. The van der Waals surface area contributed by atoms with Crippen molar-refractivity contribution in [3.8, 4) is 0 Å². The highest BCUT2D eigenvalue weighted by Crippen LogP contribution is 2.22. The highest BCUT2D eigenvalue weighted by molar-refractivity contribution is 5.47. The summed E-state index contributed by atoms with van der Waals surface area (Å²) in [7, 11) is 0. The van der Waals surface area contributed by atoms with Crippen LogP contribution in [-0.2, 0) is 0 Å². The van der Waals surface area contributed by atoms with E-state index < -0.39 is 0 Å². The van der Waals surface area contributed by atoms with Gasteiger partial charge in [-0.2, -0.15) is 0 Å². The van der Waals surface area contributed by atoms with E-state index in [1.54, 1.807) is 0 Å². The van der Waals surface area contributed by atoms with Crippen LogP contribution in [0, 0.1) is 6.92 Å². The van der Waals surface area contributed by atoms with Gasteiger partial charge in [0, 0.05) is 5.69 Å². The largest absolute Gasteiger partial charge is 0.378 e. The SMILES string of the molecule is CCC(Nc1cccc(C)c1)c1ccccc1.